The fraction of sp³-hybridized carbons (Fsp3) is 0.0769. The molecule has 0 unspecified atom stereocenters. The van der Waals surface area contributed by atoms with Crippen LogP contribution in [0.4, 0.5) is 17.6 Å². The van der Waals surface area contributed by atoms with Gasteiger partial charge in [-0.05, 0) is 29.8 Å². The van der Waals surface area contributed by atoms with Crippen LogP contribution in [-0.2, 0) is 6.18 Å². The average molecular weight is 309 g/mol. The van der Waals surface area contributed by atoms with Crippen LogP contribution in [0.3, 0.4) is 0 Å². The van der Waals surface area contributed by atoms with E-state index in [1.54, 1.807) is 0 Å². The molecule has 6 heteroatoms. The summed E-state index contributed by atoms with van der Waals surface area (Å²) in [6.45, 7) is 0. The van der Waals surface area contributed by atoms with E-state index in [1.165, 1.54) is 24.3 Å². The Morgan fingerprint density at radius 2 is 1.47 bits per heavy atom. The first kappa shape index (κ1) is 14.2. The van der Waals surface area contributed by atoms with Gasteiger partial charge in [-0.2, -0.15) is 13.2 Å². The van der Waals surface area contributed by atoms with Crippen molar-refractivity contribution in [3.63, 3.8) is 0 Å². The minimum atomic E-state index is -4.75. The Morgan fingerprint density at radius 1 is 0.895 bits per heavy atom. The zero-order chi connectivity index (χ0) is 14.2. The lowest BCUT2D eigenvalue weighted by molar-refractivity contribution is -0.139. The van der Waals surface area contributed by atoms with E-state index in [1.807, 2.05) is 0 Å². The Morgan fingerprint density at radius 3 is 2.00 bits per heavy atom. The fourth-order valence-electron chi connectivity index (χ4n) is 1.68. The highest BCUT2D eigenvalue weighted by Gasteiger charge is 2.34. The summed E-state index contributed by atoms with van der Waals surface area (Å²) < 4.78 is 51.7. The van der Waals surface area contributed by atoms with E-state index >= 15 is 0 Å². The molecule has 100 valence electrons. The quantitative estimate of drug-likeness (QED) is 0.582. The SMILES string of the molecule is Fc1c(-c2cc(Cl)cc(Cl)c2)cccc1C(F)(F)F. The minimum absolute atomic E-state index is 0.195. The summed E-state index contributed by atoms with van der Waals surface area (Å²) in [4.78, 5) is 0. The Labute approximate surface area is 116 Å². The monoisotopic (exact) mass is 308 g/mol. The van der Waals surface area contributed by atoms with Crippen LogP contribution >= 0.6 is 23.2 Å². The van der Waals surface area contributed by atoms with E-state index in [-0.39, 0.29) is 21.2 Å². The van der Waals surface area contributed by atoms with Gasteiger partial charge in [-0.1, -0.05) is 35.3 Å². The molecule has 0 saturated heterocycles. The normalized spacial score (nSPS) is 11.7. The molecule has 0 saturated carbocycles. The highest BCUT2D eigenvalue weighted by Crippen LogP contribution is 2.36. The zero-order valence-electron chi connectivity index (χ0n) is 9.23. The Balaban J connectivity index is 2.63. The van der Waals surface area contributed by atoms with E-state index in [0.717, 1.165) is 6.07 Å². The molecule has 0 bridgehead atoms. The summed E-state index contributed by atoms with van der Waals surface area (Å²) in [6.07, 6.45) is -4.75. The van der Waals surface area contributed by atoms with Gasteiger partial charge in [0.15, 0.2) is 0 Å². The van der Waals surface area contributed by atoms with Crippen molar-refractivity contribution >= 4 is 23.2 Å². The third-order valence-corrected chi connectivity index (χ3v) is 2.91. The molecule has 0 N–H and O–H groups in total. The number of halogens is 6. The Hall–Kier alpha value is -1.26. The van der Waals surface area contributed by atoms with Crippen LogP contribution in [0.5, 0.6) is 0 Å². The van der Waals surface area contributed by atoms with Crippen molar-refractivity contribution in [1.29, 1.82) is 0 Å². The van der Waals surface area contributed by atoms with E-state index in [0.29, 0.717) is 6.07 Å². The topological polar surface area (TPSA) is 0 Å². The van der Waals surface area contributed by atoms with Crippen LogP contribution in [0.15, 0.2) is 36.4 Å². The second kappa shape index (κ2) is 5.02. The van der Waals surface area contributed by atoms with Crippen molar-refractivity contribution in [3.05, 3.63) is 57.8 Å². The molecule has 0 aliphatic rings. The standard InChI is InChI=1S/C13H6Cl2F4/c14-8-4-7(5-9(15)6-8)10-2-1-3-11(12(10)16)13(17,18)19/h1-6H. The first-order valence-electron chi connectivity index (χ1n) is 5.11. The third kappa shape index (κ3) is 3.01. The second-order valence-electron chi connectivity index (χ2n) is 3.82. The van der Waals surface area contributed by atoms with E-state index in [4.69, 9.17) is 23.2 Å². The van der Waals surface area contributed by atoms with Crippen molar-refractivity contribution in [2.24, 2.45) is 0 Å². The number of hydrogen-bond acceptors (Lipinski definition) is 0. The molecule has 0 nitrogen and oxygen atoms in total. The summed E-state index contributed by atoms with van der Waals surface area (Å²) in [5.74, 6) is -1.34. The summed E-state index contributed by atoms with van der Waals surface area (Å²) in [5.41, 5.74) is -1.32. The maximum atomic E-state index is 13.9. The van der Waals surface area contributed by atoms with Gasteiger partial charge in [0.25, 0.3) is 0 Å². The van der Waals surface area contributed by atoms with Gasteiger partial charge < -0.3 is 0 Å². The van der Waals surface area contributed by atoms with Crippen LogP contribution in [0, 0.1) is 5.82 Å². The van der Waals surface area contributed by atoms with Crippen molar-refractivity contribution < 1.29 is 17.6 Å². The molecular formula is C13H6Cl2F4. The molecule has 0 aromatic heterocycles. The smallest absolute Gasteiger partial charge is 0.206 e. The molecule has 2 aromatic carbocycles. The van der Waals surface area contributed by atoms with Gasteiger partial charge in [-0.25, -0.2) is 4.39 Å². The zero-order valence-corrected chi connectivity index (χ0v) is 10.7. The number of benzene rings is 2. The lowest BCUT2D eigenvalue weighted by atomic mass is 10.0. The lowest BCUT2D eigenvalue weighted by Gasteiger charge is -2.11. The molecule has 2 rings (SSSR count). The molecule has 0 aliphatic carbocycles. The molecule has 0 spiro atoms. The van der Waals surface area contributed by atoms with Crippen molar-refractivity contribution in [3.8, 4) is 11.1 Å². The predicted molar refractivity (Wildman–Crippen MR) is 66.9 cm³/mol. The molecule has 0 heterocycles. The van der Waals surface area contributed by atoms with Crippen LogP contribution in [0.25, 0.3) is 11.1 Å². The molecule has 0 amide bonds. The van der Waals surface area contributed by atoms with Crippen LogP contribution in [-0.4, -0.2) is 0 Å². The van der Waals surface area contributed by atoms with Crippen LogP contribution < -0.4 is 0 Å². The van der Waals surface area contributed by atoms with Gasteiger partial charge in [0.05, 0.1) is 5.56 Å². The summed E-state index contributed by atoms with van der Waals surface area (Å²) in [6, 6.07) is 7.18. The number of hydrogen-bond donors (Lipinski definition) is 0. The first-order valence-corrected chi connectivity index (χ1v) is 5.87. The average Bonchev–Trinajstić information content (AvgIpc) is 2.26. The molecule has 19 heavy (non-hydrogen) atoms. The van der Waals surface area contributed by atoms with Gasteiger partial charge >= 0.3 is 6.18 Å². The Bertz CT molecular complexity index is 600. The van der Waals surface area contributed by atoms with Crippen molar-refractivity contribution in [1.82, 2.24) is 0 Å². The van der Waals surface area contributed by atoms with Crippen molar-refractivity contribution in [2.75, 3.05) is 0 Å². The van der Waals surface area contributed by atoms with Gasteiger partial charge in [0, 0.05) is 15.6 Å². The summed E-state index contributed by atoms with van der Waals surface area (Å²) >= 11 is 11.5. The van der Waals surface area contributed by atoms with E-state index < -0.39 is 17.6 Å². The largest absolute Gasteiger partial charge is 0.419 e. The van der Waals surface area contributed by atoms with Gasteiger partial charge in [0.1, 0.15) is 5.82 Å². The molecule has 0 aliphatic heterocycles. The van der Waals surface area contributed by atoms with Crippen molar-refractivity contribution in [2.45, 2.75) is 6.18 Å². The molecule has 0 fully saturated rings. The fourth-order valence-corrected chi connectivity index (χ4v) is 2.21. The van der Waals surface area contributed by atoms with Gasteiger partial charge in [-0.15, -0.1) is 0 Å². The maximum absolute atomic E-state index is 13.9. The van der Waals surface area contributed by atoms with Gasteiger partial charge in [-0.3, -0.25) is 0 Å². The third-order valence-electron chi connectivity index (χ3n) is 2.48. The minimum Gasteiger partial charge on any atom is -0.206 e. The summed E-state index contributed by atoms with van der Waals surface area (Å²) in [5, 5.41) is 0.443. The molecule has 0 atom stereocenters. The summed E-state index contributed by atoms with van der Waals surface area (Å²) in [7, 11) is 0. The van der Waals surface area contributed by atoms with E-state index in [9.17, 15) is 17.6 Å². The highest BCUT2D eigenvalue weighted by atomic mass is 35.5. The molecule has 2 aromatic rings. The lowest BCUT2D eigenvalue weighted by Crippen LogP contribution is -2.08. The van der Waals surface area contributed by atoms with E-state index in [2.05, 4.69) is 0 Å². The molecular weight excluding hydrogens is 303 g/mol. The maximum Gasteiger partial charge on any atom is 0.419 e. The molecule has 0 radical (unpaired) electrons. The number of rotatable bonds is 1. The Kier molecular flexibility index (Phi) is 3.74. The predicted octanol–water partition coefficient (Wildman–Crippen LogP) is 5.82. The highest BCUT2D eigenvalue weighted by molar-refractivity contribution is 6.35. The van der Waals surface area contributed by atoms with Crippen LogP contribution in [0.2, 0.25) is 10.0 Å². The second-order valence-corrected chi connectivity index (χ2v) is 4.70. The van der Waals surface area contributed by atoms with Crippen LogP contribution in [0.1, 0.15) is 5.56 Å². The first-order chi connectivity index (χ1) is 8.79. The van der Waals surface area contributed by atoms with Gasteiger partial charge in [0.2, 0.25) is 0 Å². The number of alkyl halides is 3.